The predicted molar refractivity (Wildman–Crippen MR) is 77.7 cm³/mol. The summed E-state index contributed by atoms with van der Waals surface area (Å²) >= 11 is 0. The van der Waals surface area contributed by atoms with Crippen molar-refractivity contribution in [3.8, 4) is 0 Å². The minimum Gasteiger partial charge on any atom is -0.468 e. The van der Waals surface area contributed by atoms with Crippen molar-refractivity contribution in [1.29, 1.82) is 0 Å². The molecule has 1 heterocycles. The van der Waals surface area contributed by atoms with E-state index in [1.807, 2.05) is 25.2 Å². The molecule has 0 aliphatic carbocycles. The van der Waals surface area contributed by atoms with Crippen LogP contribution in [0.4, 0.5) is 4.39 Å². The zero-order valence-electron chi connectivity index (χ0n) is 12.0. The SMILES string of the molecule is Cc1ccc(C(N)CCN(C)Cc2ccco2)cc1F. The van der Waals surface area contributed by atoms with Gasteiger partial charge < -0.3 is 10.2 Å². The molecular weight excluding hydrogens is 255 g/mol. The van der Waals surface area contributed by atoms with E-state index < -0.39 is 0 Å². The van der Waals surface area contributed by atoms with E-state index in [2.05, 4.69) is 4.90 Å². The van der Waals surface area contributed by atoms with Crippen LogP contribution in [0.1, 0.15) is 29.3 Å². The lowest BCUT2D eigenvalue weighted by molar-refractivity contribution is 0.284. The Hall–Kier alpha value is -1.65. The third-order valence-electron chi connectivity index (χ3n) is 3.45. The van der Waals surface area contributed by atoms with Gasteiger partial charge >= 0.3 is 0 Å². The normalized spacial score (nSPS) is 12.8. The van der Waals surface area contributed by atoms with Gasteiger partial charge in [0.1, 0.15) is 11.6 Å². The van der Waals surface area contributed by atoms with Crippen LogP contribution in [0, 0.1) is 12.7 Å². The van der Waals surface area contributed by atoms with Crippen LogP contribution in [0.15, 0.2) is 41.0 Å². The van der Waals surface area contributed by atoms with E-state index in [-0.39, 0.29) is 11.9 Å². The molecule has 20 heavy (non-hydrogen) atoms. The molecule has 0 amide bonds. The van der Waals surface area contributed by atoms with E-state index in [9.17, 15) is 4.39 Å². The van der Waals surface area contributed by atoms with Gasteiger partial charge in [-0.3, -0.25) is 4.90 Å². The molecule has 1 atom stereocenters. The summed E-state index contributed by atoms with van der Waals surface area (Å²) in [5, 5.41) is 0. The number of halogens is 1. The van der Waals surface area contributed by atoms with Crippen LogP contribution in [-0.4, -0.2) is 18.5 Å². The number of benzene rings is 1. The number of hydrogen-bond acceptors (Lipinski definition) is 3. The average molecular weight is 276 g/mol. The van der Waals surface area contributed by atoms with Crippen molar-refractivity contribution in [3.63, 3.8) is 0 Å². The van der Waals surface area contributed by atoms with Crippen molar-refractivity contribution in [2.75, 3.05) is 13.6 Å². The molecule has 108 valence electrons. The summed E-state index contributed by atoms with van der Waals surface area (Å²) in [5.41, 5.74) is 7.61. The van der Waals surface area contributed by atoms with Gasteiger partial charge in [-0.25, -0.2) is 4.39 Å². The minimum absolute atomic E-state index is 0.149. The first kappa shape index (κ1) is 14.8. The van der Waals surface area contributed by atoms with Crippen LogP contribution in [0.5, 0.6) is 0 Å². The highest BCUT2D eigenvalue weighted by molar-refractivity contribution is 5.25. The highest BCUT2D eigenvalue weighted by Gasteiger charge is 2.10. The number of nitrogens with two attached hydrogens (primary N) is 1. The Bertz CT molecular complexity index is 539. The van der Waals surface area contributed by atoms with Crippen LogP contribution >= 0.6 is 0 Å². The van der Waals surface area contributed by atoms with Gasteiger partial charge in [-0.05, 0) is 49.7 Å². The lowest BCUT2D eigenvalue weighted by Gasteiger charge is -2.19. The van der Waals surface area contributed by atoms with Gasteiger partial charge in [-0.1, -0.05) is 12.1 Å². The van der Waals surface area contributed by atoms with Gasteiger partial charge in [0.2, 0.25) is 0 Å². The van der Waals surface area contributed by atoms with Gasteiger partial charge in [0, 0.05) is 12.6 Å². The molecule has 0 saturated heterocycles. The van der Waals surface area contributed by atoms with Crippen molar-refractivity contribution >= 4 is 0 Å². The fraction of sp³-hybridized carbons (Fsp3) is 0.375. The van der Waals surface area contributed by atoms with Crippen molar-refractivity contribution in [1.82, 2.24) is 4.90 Å². The molecule has 0 saturated carbocycles. The van der Waals surface area contributed by atoms with Gasteiger partial charge in [0.05, 0.1) is 12.8 Å². The summed E-state index contributed by atoms with van der Waals surface area (Å²) in [6.07, 6.45) is 2.45. The molecule has 4 heteroatoms. The molecule has 0 bridgehead atoms. The van der Waals surface area contributed by atoms with E-state index in [1.165, 1.54) is 6.07 Å². The summed E-state index contributed by atoms with van der Waals surface area (Å²) in [5.74, 6) is 0.740. The Kier molecular flexibility index (Phi) is 4.93. The topological polar surface area (TPSA) is 42.4 Å². The summed E-state index contributed by atoms with van der Waals surface area (Å²) in [4.78, 5) is 2.14. The van der Waals surface area contributed by atoms with Crippen molar-refractivity contribution in [2.24, 2.45) is 5.73 Å². The Morgan fingerprint density at radius 2 is 2.15 bits per heavy atom. The second-order valence-electron chi connectivity index (χ2n) is 5.22. The molecule has 3 nitrogen and oxygen atoms in total. The lowest BCUT2D eigenvalue weighted by Crippen LogP contribution is -2.23. The van der Waals surface area contributed by atoms with E-state index >= 15 is 0 Å². The summed E-state index contributed by atoms with van der Waals surface area (Å²) < 4.78 is 18.8. The number of aryl methyl sites for hydroxylation is 1. The third kappa shape index (κ3) is 3.92. The van der Waals surface area contributed by atoms with Crippen molar-refractivity contribution < 1.29 is 8.81 Å². The fourth-order valence-corrected chi connectivity index (χ4v) is 2.11. The Balaban J connectivity index is 1.85. The minimum atomic E-state index is -0.193. The Labute approximate surface area is 119 Å². The third-order valence-corrected chi connectivity index (χ3v) is 3.45. The van der Waals surface area contributed by atoms with Crippen molar-refractivity contribution in [2.45, 2.75) is 25.9 Å². The number of hydrogen-bond donors (Lipinski definition) is 1. The van der Waals surface area contributed by atoms with Crippen LogP contribution in [0.25, 0.3) is 0 Å². The molecule has 2 aromatic rings. The Morgan fingerprint density at radius 1 is 1.35 bits per heavy atom. The summed E-state index contributed by atoms with van der Waals surface area (Å²) in [6, 6.07) is 8.89. The second kappa shape index (κ2) is 6.68. The first-order chi connectivity index (χ1) is 9.56. The van der Waals surface area contributed by atoms with Crippen LogP contribution in [-0.2, 0) is 6.54 Å². The monoisotopic (exact) mass is 276 g/mol. The second-order valence-corrected chi connectivity index (χ2v) is 5.22. The van der Waals surface area contributed by atoms with Gasteiger partial charge in [-0.2, -0.15) is 0 Å². The standard InChI is InChI=1S/C16H21FN2O/c1-12-5-6-13(10-15(12)17)16(18)7-8-19(2)11-14-4-3-9-20-14/h3-6,9-10,16H,7-8,11,18H2,1-2H3. The average Bonchev–Trinajstić information content (AvgIpc) is 2.92. The van der Waals surface area contributed by atoms with E-state index in [0.29, 0.717) is 5.56 Å². The summed E-state index contributed by atoms with van der Waals surface area (Å²) in [7, 11) is 2.02. The Morgan fingerprint density at radius 3 is 2.80 bits per heavy atom. The maximum Gasteiger partial charge on any atom is 0.126 e. The number of rotatable bonds is 6. The van der Waals surface area contributed by atoms with Gasteiger partial charge in [0.15, 0.2) is 0 Å². The molecule has 2 rings (SSSR count). The van der Waals surface area contributed by atoms with Crippen LogP contribution in [0.3, 0.4) is 0 Å². The molecule has 0 aliphatic heterocycles. The largest absolute Gasteiger partial charge is 0.468 e. The van der Waals surface area contributed by atoms with E-state index in [4.69, 9.17) is 10.2 Å². The number of furan rings is 1. The smallest absolute Gasteiger partial charge is 0.126 e. The zero-order valence-corrected chi connectivity index (χ0v) is 12.0. The highest BCUT2D eigenvalue weighted by Crippen LogP contribution is 2.18. The highest BCUT2D eigenvalue weighted by atomic mass is 19.1. The molecule has 1 unspecified atom stereocenters. The van der Waals surface area contributed by atoms with Gasteiger partial charge in [0.25, 0.3) is 0 Å². The maximum atomic E-state index is 13.5. The van der Waals surface area contributed by atoms with Crippen molar-refractivity contribution in [3.05, 3.63) is 59.3 Å². The molecular formula is C16H21FN2O. The predicted octanol–water partition coefficient (Wildman–Crippen LogP) is 3.25. The molecule has 2 N–H and O–H groups in total. The van der Waals surface area contributed by atoms with Gasteiger partial charge in [-0.15, -0.1) is 0 Å². The molecule has 0 aliphatic rings. The first-order valence-electron chi connectivity index (χ1n) is 6.79. The zero-order chi connectivity index (χ0) is 14.5. The molecule has 1 aromatic carbocycles. The fourth-order valence-electron chi connectivity index (χ4n) is 2.11. The van der Waals surface area contributed by atoms with E-state index in [1.54, 1.807) is 19.3 Å². The lowest BCUT2D eigenvalue weighted by atomic mass is 10.0. The first-order valence-corrected chi connectivity index (χ1v) is 6.79. The molecule has 0 fully saturated rings. The molecule has 0 radical (unpaired) electrons. The number of nitrogens with zero attached hydrogens (tertiary/aromatic N) is 1. The summed E-state index contributed by atoms with van der Waals surface area (Å²) in [6.45, 7) is 3.33. The van der Waals surface area contributed by atoms with E-state index in [0.717, 1.165) is 30.8 Å². The molecule has 0 spiro atoms. The van der Waals surface area contributed by atoms with Crippen LogP contribution < -0.4 is 5.73 Å². The maximum absolute atomic E-state index is 13.5. The quantitative estimate of drug-likeness (QED) is 0.880. The molecule has 1 aromatic heterocycles. The van der Waals surface area contributed by atoms with Crippen LogP contribution in [0.2, 0.25) is 0 Å².